The maximum absolute atomic E-state index is 12.7. The number of rotatable bonds is 5. The monoisotopic (exact) mass is 372 g/mol. The third-order valence-corrected chi connectivity index (χ3v) is 4.41. The Morgan fingerprint density at radius 1 is 1.07 bits per heavy atom. The molecule has 0 radical (unpaired) electrons. The molecule has 1 N–H and O–H groups in total. The topological polar surface area (TPSA) is 68.5 Å². The summed E-state index contributed by atoms with van der Waals surface area (Å²) in [6.45, 7) is 4.18. The minimum atomic E-state index is -0.220. The van der Waals surface area contributed by atoms with Crippen molar-refractivity contribution >= 4 is 11.6 Å². The second kappa shape index (κ2) is 7.52. The van der Waals surface area contributed by atoms with E-state index in [0.717, 1.165) is 22.7 Å². The van der Waals surface area contributed by atoms with Crippen molar-refractivity contribution in [2.75, 3.05) is 0 Å². The normalized spacial score (nSPS) is 10.8. The number of para-hydroxylation sites is 2. The Hall–Kier alpha value is -3.67. The highest BCUT2D eigenvalue weighted by molar-refractivity contribution is 5.99. The van der Waals surface area contributed by atoms with Gasteiger partial charge in [-0.15, -0.1) is 0 Å². The van der Waals surface area contributed by atoms with Crippen LogP contribution < -0.4 is 10.1 Å². The summed E-state index contributed by atoms with van der Waals surface area (Å²) in [7, 11) is 0. The highest BCUT2D eigenvalue weighted by atomic mass is 16.5. The molecule has 0 aliphatic carbocycles. The first-order chi connectivity index (χ1) is 13.6. The van der Waals surface area contributed by atoms with E-state index in [1.807, 2.05) is 74.5 Å². The Morgan fingerprint density at radius 2 is 1.82 bits per heavy atom. The molecule has 28 heavy (non-hydrogen) atoms. The van der Waals surface area contributed by atoms with E-state index < -0.39 is 0 Å². The van der Waals surface area contributed by atoms with Crippen molar-refractivity contribution < 1.29 is 9.53 Å². The molecule has 1 amide bonds. The van der Waals surface area contributed by atoms with Gasteiger partial charge in [0.1, 0.15) is 17.1 Å². The van der Waals surface area contributed by atoms with Crippen LogP contribution in [0.15, 0.2) is 66.9 Å². The van der Waals surface area contributed by atoms with E-state index in [0.29, 0.717) is 23.5 Å². The Labute approximate surface area is 162 Å². The molecule has 4 aromatic rings. The zero-order valence-corrected chi connectivity index (χ0v) is 15.7. The fraction of sp³-hybridized carbons (Fsp3) is 0.136. The number of aromatic nitrogens is 3. The second-order valence-corrected chi connectivity index (χ2v) is 6.54. The van der Waals surface area contributed by atoms with E-state index in [1.165, 1.54) is 0 Å². The molecular formula is C22H20N4O2. The number of fused-ring (bicyclic) bond motifs is 1. The summed E-state index contributed by atoms with van der Waals surface area (Å²) >= 11 is 0. The van der Waals surface area contributed by atoms with Gasteiger partial charge < -0.3 is 10.1 Å². The molecule has 0 fully saturated rings. The van der Waals surface area contributed by atoms with Crippen molar-refractivity contribution in [2.24, 2.45) is 0 Å². The van der Waals surface area contributed by atoms with Gasteiger partial charge in [-0.05, 0) is 38.1 Å². The summed E-state index contributed by atoms with van der Waals surface area (Å²) in [5.74, 6) is 1.24. The minimum Gasteiger partial charge on any atom is -0.457 e. The Morgan fingerprint density at radius 3 is 2.64 bits per heavy atom. The van der Waals surface area contributed by atoms with E-state index in [4.69, 9.17) is 4.74 Å². The number of nitrogens with one attached hydrogen (secondary N) is 1. The standard InChI is InChI=1S/C22H20N4O2/c1-15-12-16(2)26-21(25-15)19(14-24-26)22(27)23-13-17-8-6-7-11-20(17)28-18-9-4-3-5-10-18/h3-12,14H,13H2,1-2H3,(H,23,27). The molecule has 6 nitrogen and oxygen atoms in total. The van der Waals surface area contributed by atoms with Crippen LogP contribution in [0, 0.1) is 13.8 Å². The molecule has 0 saturated heterocycles. The van der Waals surface area contributed by atoms with Crippen LogP contribution in [0.3, 0.4) is 0 Å². The largest absolute Gasteiger partial charge is 0.457 e. The first-order valence-electron chi connectivity index (χ1n) is 9.03. The van der Waals surface area contributed by atoms with Crippen LogP contribution in [-0.2, 0) is 6.54 Å². The molecular weight excluding hydrogens is 352 g/mol. The highest BCUT2D eigenvalue weighted by Crippen LogP contribution is 2.25. The van der Waals surface area contributed by atoms with E-state index >= 15 is 0 Å². The number of hydrogen-bond acceptors (Lipinski definition) is 4. The number of hydrogen-bond donors (Lipinski definition) is 1. The Kier molecular flexibility index (Phi) is 4.76. The summed E-state index contributed by atoms with van der Waals surface area (Å²) < 4.78 is 7.63. The van der Waals surface area contributed by atoms with Crippen LogP contribution in [0.5, 0.6) is 11.5 Å². The van der Waals surface area contributed by atoms with Crippen LogP contribution in [0.4, 0.5) is 0 Å². The molecule has 0 atom stereocenters. The molecule has 4 rings (SSSR count). The molecule has 0 spiro atoms. The van der Waals surface area contributed by atoms with Crippen molar-refractivity contribution in [3.8, 4) is 11.5 Å². The number of amides is 1. The molecule has 0 aliphatic heterocycles. The van der Waals surface area contributed by atoms with Gasteiger partial charge in [0.15, 0.2) is 5.65 Å². The van der Waals surface area contributed by atoms with Crippen LogP contribution in [0.25, 0.3) is 5.65 Å². The predicted molar refractivity (Wildman–Crippen MR) is 107 cm³/mol. The van der Waals surface area contributed by atoms with Crippen molar-refractivity contribution in [1.29, 1.82) is 0 Å². The second-order valence-electron chi connectivity index (χ2n) is 6.54. The van der Waals surface area contributed by atoms with Gasteiger partial charge in [-0.3, -0.25) is 4.79 Å². The van der Waals surface area contributed by atoms with Gasteiger partial charge in [-0.1, -0.05) is 36.4 Å². The smallest absolute Gasteiger partial charge is 0.257 e. The zero-order valence-electron chi connectivity index (χ0n) is 15.7. The van der Waals surface area contributed by atoms with E-state index in [2.05, 4.69) is 15.4 Å². The zero-order chi connectivity index (χ0) is 19.5. The lowest BCUT2D eigenvalue weighted by atomic mass is 10.2. The average Bonchev–Trinajstić information content (AvgIpc) is 3.12. The minimum absolute atomic E-state index is 0.220. The van der Waals surface area contributed by atoms with Crippen molar-refractivity contribution in [1.82, 2.24) is 19.9 Å². The summed E-state index contributed by atoms with van der Waals surface area (Å²) in [5, 5.41) is 7.22. The number of carbonyl (C=O) groups is 1. The van der Waals surface area contributed by atoms with Gasteiger partial charge in [0, 0.05) is 23.5 Å². The summed E-state index contributed by atoms with van der Waals surface area (Å²) in [6, 6.07) is 19.1. The van der Waals surface area contributed by atoms with E-state index in [1.54, 1.807) is 10.7 Å². The molecule has 0 saturated carbocycles. The van der Waals surface area contributed by atoms with Gasteiger partial charge in [0.05, 0.1) is 6.20 Å². The molecule has 2 aromatic heterocycles. The number of nitrogens with zero attached hydrogens (tertiary/aromatic N) is 3. The highest BCUT2D eigenvalue weighted by Gasteiger charge is 2.16. The molecule has 2 heterocycles. The number of benzene rings is 2. The molecule has 2 aromatic carbocycles. The van der Waals surface area contributed by atoms with E-state index in [9.17, 15) is 4.79 Å². The van der Waals surface area contributed by atoms with Crippen LogP contribution in [0.2, 0.25) is 0 Å². The average molecular weight is 372 g/mol. The van der Waals surface area contributed by atoms with Gasteiger partial charge in [0.2, 0.25) is 0 Å². The number of aryl methyl sites for hydroxylation is 2. The summed E-state index contributed by atoms with van der Waals surface area (Å²) in [5.41, 5.74) is 3.68. The van der Waals surface area contributed by atoms with Crippen LogP contribution >= 0.6 is 0 Å². The molecule has 140 valence electrons. The molecule has 0 unspecified atom stereocenters. The fourth-order valence-electron chi connectivity index (χ4n) is 3.07. The number of carbonyl (C=O) groups excluding carboxylic acids is 1. The SMILES string of the molecule is Cc1cc(C)n2ncc(C(=O)NCc3ccccc3Oc3ccccc3)c2n1. The predicted octanol–water partition coefficient (Wildman–Crippen LogP) is 4.07. The molecule has 6 heteroatoms. The van der Waals surface area contributed by atoms with Gasteiger partial charge in [-0.2, -0.15) is 5.10 Å². The van der Waals surface area contributed by atoms with Gasteiger partial charge in [0.25, 0.3) is 5.91 Å². The lowest BCUT2D eigenvalue weighted by Gasteiger charge is -2.12. The lowest BCUT2D eigenvalue weighted by molar-refractivity contribution is 0.0952. The summed E-state index contributed by atoms with van der Waals surface area (Å²) in [4.78, 5) is 17.2. The first-order valence-corrected chi connectivity index (χ1v) is 9.03. The van der Waals surface area contributed by atoms with Crippen molar-refractivity contribution in [3.05, 3.63) is 89.4 Å². The third-order valence-electron chi connectivity index (χ3n) is 4.41. The number of ether oxygens (including phenoxy) is 1. The summed E-state index contributed by atoms with van der Waals surface area (Å²) in [6.07, 6.45) is 1.55. The quantitative estimate of drug-likeness (QED) is 0.573. The van der Waals surface area contributed by atoms with Crippen molar-refractivity contribution in [2.45, 2.75) is 20.4 Å². The maximum Gasteiger partial charge on any atom is 0.257 e. The maximum atomic E-state index is 12.7. The fourth-order valence-corrected chi connectivity index (χ4v) is 3.07. The van der Waals surface area contributed by atoms with E-state index in [-0.39, 0.29) is 5.91 Å². The molecule has 0 bridgehead atoms. The van der Waals surface area contributed by atoms with Gasteiger partial charge in [-0.25, -0.2) is 9.50 Å². The van der Waals surface area contributed by atoms with Crippen LogP contribution in [0.1, 0.15) is 27.3 Å². The first kappa shape index (κ1) is 17.7. The van der Waals surface area contributed by atoms with Crippen molar-refractivity contribution in [3.63, 3.8) is 0 Å². The lowest BCUT2D eigenvalue weighted by Crippen LogP contribution is -2.23. The Balaban J connectivity index is 1.53. The third kappa shape index (κ3) is 3.57. The van der Waals surface area contributed by atoms with Crippen LogP contribution in [-0.4, -0.2) is 20.5 Å². The van der Waals surface area contributed by atoms with Gasteiger partial charge >= 0.3 is 0 Å². The molecule has 0 aliphatic rings. The Bertz CT molecular complexity index is 1140.